The molecule has 0 saturated heterocycles. The molecule has 0 saturated carbocycles. The van der Waals surface area contributed by atoms with Crippen molar-refractivity contribution in [3.8, 4) is 0 Å². The van der Waals surface area contributed by atoms with Gasteiger partial charge in [-0.3, -0.25) is 0 Å². The zero-order valence-electron chi connectivity index (χ0n) is 11.7. The number of unbranched alkanes of at least 4 members (excludes halogenated alkanes) is 3. The second kappa shape index (κ2) is 10.7. The summed E-state index contributed by atoms with van der Waals surface area (Å²) in [7, 11) is -3.04. The lowest BCUT2D eigenvalue weighted by Crippen LogP contribution is -2.32. The van der Waals surface area contributed by atoms with Gasteiger partial charge >= 0.3 is 0 Å². The van der Waals surface area contributed by atoms with E-state index >= 15 is 0 Å². The van der Waals surface area contributed by atoms with E-state index in [1.54, 1.807) is 0 Å². The molecule has 0 atom stereocenters. The van der Waals surface area contributed by atoms with E-state index < -0.39 is 10.0 Å². The van der Waals surface area contributed by atoms with Crippen LogP contribution in [0.1, 0.15) is 39.0 Å². The first-order valence-electron chi connectivity index (χ1n) is 6.79. The van der Waals surface area contributed by atoms with E-state index in [1.165, 1.54) is 10.6 Å². The lowest BCUT2D eigenvalue weighted by molar-refractivity contribution is 0.282. The molecule has 0 spiro atoms. The van der Waals surface area contributed by atoms with Gasteiger partial charge in [-0.2, -0.15) is 0 Å². The quantitative estimate of drug-likeness (QED) is 0.519. The number of nitrogens with zero attached hydrogens (tertiary/aromatic N) is 1. The standard InChI is InChI=1S/C12H28N2O3S/c1-3-14(18(2,16)17)11-8-10-13-9-6-4-5-7-12-15/h13,15H,3-12H2,1-2H3. The van der Waals surface area contributed by atoms with Crippen molar-refractivity contribution in [2.75, 3.05) is 39.0 Å². The summed E-state index contributed by atoms with van der Waals surface area (Å²) in [6.45, 7) is 5.09. The van der Waals surface area contributed by atoms with Gasteiger partial charge in [0.15, 0.2) is 0 Å². The number of hydrogen-bond acceptors (Lipinski definition) is 4. The highest BCUT2D eigenvalue weighted by Gasteiger charge is 2.12. The molecule has 110 valence electrons. The molecule has 18 heavy (non-hydrogen) atoms. The smallest absolute Gasteiger partial charge is 0.211 e. The maximum absolute atomic E-state index is 11.3. The molecule has 0 amide bonds. The van der Waals surface area contributed by atoms with Crippen LogP contribution >= 0.6 is 0 Å². The molecular formula is C12H28N2O3S. The zero-order chi connectivity index (χ0) is 13.9. The summed E-state index contributed by atoms with van der Waals surface area (Å²) in [4.78, 5) is 0. The SMILES string of the molecule is CCN(CCCNCCCCCCO)S(C)(=O)=O. The highest BCUT2D eigenvalue weighted by Crippen LogP contribution is 1.99. The van der Waals surface area contributed by atoms with Crippen LogP contribution in [0.5, 0.6) is 0 Å². The summed E-state index contributed by atoms with van der Waals surface area (Å²) >= 11 is 0. The maximum Gasteiger partial charge on any atom is 0.211 e. The van der Waals surface area contributed by atoms with Gasteiger partial charge in [-0.15, -0.1) is 0 Å². The van der Waals surface area contributed by atoms with Crippen LogP contribution in [0, 0.1) is 0 Å². The second-order valence-electron chi connectivity index (χ2n) is 4.50. The molecule has 0 unspecified atom stereocenters. The van der Waals surface area contributed by atoms with Gasteiger partial charge < -0.3 is 10.4 Å². The maximum atomic E-state index is 11.3. The van der Waals surface area contributed by atoms with Crippen molar-refractivity contribution in [2.45, 2.75) is 39.0 Å². The molecule has 0 aliphatic rings. The number of nitrogens with one attached hydrogen (secondary N) is 1. The van der Waals surface area contributed by atoms with E-state index in [0.717, 1.165) is 45.2 Å². The molecule has 0 aromatic heterocycles. The van der Waals surface area contributed by atoms with E-state index in [4.69, 9.17) is 5.11 Å². The van der Waals surface area contributed by atoms with Crippen molar-refractivity contribution < 1.29 is 13.5 Å². The average molecular weight is 280 g/mol. The summed E-state index contributed by atoms with van der Waals surface area (Å²) in [5.74, 6) is 0. The van der Waals surface area contributed by atoms with Gasteiger partial charge in [0.1, 0.15) is 0 Å². The molecule has 0 aromatic rings. The van der Waals surface area contributed by atoms with E-state index in [-0.39, 0.29) is 6.61 Å². The predicted octanol–water partition coefficient (Wildman–Crippen LogP) is 0.800. The van der Waals surface area contributed by atoms with Gasteiger partial charge in [-0.1, -0.05) is 19.8 Å². The molecule has 2 N–H and O–H groups in total. The Hall–Kier alpha value is -0.170. The molecule has 0 aliphatic heterocycles. The van der Waals surface area contributed by atoms with Gasteiger partial charge in [-0.25, -0.2) is 12.7 Å². The normalized spacial score (nSPS) is 12.2. The highest BCUT2D eigenvalue weighted by atomic mass is 32.2. The van der Waals surface area contributed by atoms with Crippen molar-refractivity contribution in [2.24, 2.45) is 0 Å². The Labute approximate surface area is 112 Å². The largest absolute Gasteiger partial charge is 0.396 e. The first-order valence-corrected chi connectivity index (χ1v) is 8.64. The summed E-state index contributed by atoms with van der Waals surface area (Å²) < 4.78 is 24.1. The van der Waals surface area contributed by atoms with Crippen LogP contribution < -0.4 is 5.32 Å². The number of sulfonamides is 1. The van der Waals surface area contributed by atoms with Crippen LogP contribution in [0.25, 0.3) is 0 Å². The highest BCUT2D eigenvalue weighted by molar-refractivity contribution is 7.88. The zero-order valence-corrected chi connectivity index (χ0v) is 12.5. The van der Waals surface area contributed by atoms with Gasteiger partial charge in [0.25, 0.3) is 0 Å². The van der Waals surface area contributed by atoms with Crippen LogP contribution in [-0.2, 0) is 10.0 Å². The van der Waals surface area contributed by atoms with Crippen LogP contribution in [0.4, 0.5) is 0 Å². The number of aliphatic hydroxyl groups excluding tert-OH is 1. The molecule has 0 heterocycles. The third-order valence-electron chi connectivity index (χ3n) is 2.84. The molecule has 0 aliphatic carbocycles. The summed E-state index contributed by atoms with van der Waals surface area (Å²) in [6, 6.07) is 0. The Balaban J connectivity index is 3.39. The lowest BCUT2D eigenvalue weighted by Gasteiger charge is -2.17. The third kappa shape index (κ3) is 9.82. The van der Waals surface area contributed by atoms with E-state index in [9.17, 15) is 8.42 Å². The van der Waals surface area contributed by atoms with Gasteiger partial charge in [-0.05, 0) is 32.4 Å². The topological polar surface area (TPSA) is 69.6 Å². The van der Waals surface area contributed by atoms with Gasteiger partial charge in [0, 0.05) is 19.7 Å². The summed E-state index contributed by atoms with van der Waals surface area (Å²) in [6.07, 6.45) is 6.32. The van der Waals surface area contributed by atoms with Crippen LogP contribution in [-0.4, -0.2) is 56.9 Å². The average Bonchev–Trinajstić information content (AvgIpc) is 2.30. The number of hydrogen-bond donors (Lipinski definition) is 2. The van der Waals surface area contributed by atoms with Gasteiger partial charge in [0.05, 0.1) is 6.26 Å². The van der Waals surface area contributed by atoms with E-state index in [1.807, 2.05) is 6.92 Å². The molecule has 5 nitrogen and oxygen atoms in total. The van der Waals surface area contributed by atoms with Crippen molar-refractivity contribution in [3.05, 3.63) is 0 Å². The van der Waals surface area contributed by atoms with E-state index in [2.05, 4.69) is 5.32 Å². The lowest BCUT2D eigenvalue weighted by atomic mass is 10.2. The Morgan fingerprint density at radius 3 is 2.22 bits per heavy atom. The monoisotopic (exact) mass is 280 g/mol. The first-order chi connectivity index (χ1) is 8.52. The minimum atomic E-state index is -3.04. The predicted molar refractivity (Wildman–Crippen MR) is 75.1 cm³/mol. The van der Waals surface area contributed by atoms with Crippen LogP contribution in [0.3, 0.4) is 0 Å². The Bertz CT molecular complexity index is 281. The third-order valence-corrected chi connectivity index (χ3v) is 4.22. The first kappa shape index (κ1) is 17.8. The molecule has 0 rings (SSSR count). The van der Waals surface area contributed by atoms with Crippen LogP contribution in [0.2, 0.25) is 0 Å². The van der Waals surface area contributed by atoms with Gasteiger partial charge in [0.2, 0.25) is 10.0 Å². The summed E-state index contributed by atoms with van der Waals surface area (Å²) in [5, 5.41) is 11.9. The van der Waals surface area contributed by atoms with Crippen LogP contribution in [0.15, 0.2) is 0 Å². The minimum absolute atomic E-state index is 0.284. The number of aliphatic hydroxyl groups is 1. The fraction of sp³-hybridized carbons (Fsp3) is 1.00. The summed E-state index contributed by atoms with van der Waals surface area (Å²) in [5.41, 5.74) is 0. The molecule has 0 aromatic carbocycles. The van der Waals surface area contributed by atoms with Crippen molar-refractivity contribution >= 4 is 10.0 Å². The molecule has 0 fully saturated rings. The Morgan fingerprint density at radius 2 is 1.67 bits per heavy atom. The van der Waals surface area contributed by atoms with Crippen molar-refractivity contribution in [3.63, 3.8) is 0 Å². The molecule has 6 heteroatoms. The molecule has 0 bridgehead atoms. The van der Waals surface area contributed by atoms with E-state index in [0.29, 0.717) is 13.1 Å². The Kier molecular flexibility index (Phi) is 10.6. The van der Waals surface area contributed by atoms with Crippen molar-refractivity contribution in [1.29, 1.82) is 0 Å². The minimum Gasteiger partial charge on any atom is -0.396 e. The fourth-order valence-corrected chi connectivity index (χ4v) is 2.71. The number of rotatable bonds is 12. The Morgan fingerprint density at radius 1 is 1.06 bits per heavy atom. The second-order valence-corrected chi connectivity index (χ2v) is 6.48. The molecular weight excluding hydrogens is 252 g/mol. The fourth-order valence-electron chi connectivity index (χ4n) is 1.78. The van der Waals surface area contributed by atoms with Crippen molar-refractivity contribution in [1.82, 2.24) is 9.62 Å². The molecule has 0 radical (unpaired) electrons.